The van der Waals surface area contributed by atoms with E-state index in [1.807, 2.05) is 31.2 Å². The van der Waals surface area contributed by atoms with E-state index >= 15 is 0 Å². The summed E-state index contributed by atoms with van der Waals surface area (Å²) in [6.07, 6.45) is 1.06. The summed E-state index contributed by atoms with van der Waals surface area (Å²) in [5, 5.41) is 6.15. The Morgan fingerprint density at radius 3 is 2.74 bits per heavy atom. The normalized spacial score (nSPS) is 26.4. The second-order valence-electron chi connectivity index (χ2n) is 5.09. The molecule has 1 fully saturated rings. The molecular weight excluding hydrogens is 308 g/mol. The Bertz CT molecular complexity index is 449. The van der Waals surface area contributed by atoms with E-state index in [1.54, 1.807) is 0 Å². The van der Waals surface area contributed by atoms with E-state index in [0.717, 1.165) is 23.2 Å². The molecule has 1 saturated heterocycles. The maximum atomic E-state index is 11.9. The Labute approximate surface area is 122 Å². The quantitative estimate of drug-likeness (QED) is 0.894. The van der Waals surface area contributed by atoms with Gasteiger partial charge in [-0.2, -0.15) is 0 Å². The van der Waals surface area contributed by atoms with Crippen molar-refractivity contribution >= 4 is 27.5 Å². The van der Waals surface area contributed by atoms with Gasteiger partial charge in [0.2, 0.25) is 5.91 Å². The molecule has 1 aromatic rings. The molecule has 1 aromatic carbocycles. The standard InChI is InChI=1S/C14H19BrN2O2/c1-10-14(2,7-8-19-10)16-9-13(18)17-12-5-3-11(15)4-6-12/h3-6,10,16H,7-9H2,1-2H3,(H,17,18). The molecule has 19 heavy (non-hydrogen) atoms. The predicted octanol–water partition coefficient (Wildman–Crippen LogP) is 2.54. The summed E-state index contributed by atoms with van der Waals surface area (Å²) in [5.74, 6) is -0.0392. The molecule has 0 aromatic heterocycles. The van der Waals surface area contributed by atoms with Crippen LogP contribution >= 0.6 is 15.9 Å². The Kier molecular flexibility index (Phi) is 4.60. The molecule has 2 atom stereocenters. The minimum Gasteiger partial charge on any atom is -0.377 e. The zero-order chi connectivity index (χ0) is 13.9. The Morgan fingerprint density at radius 2 is 2.16 bits per heavy atom. The van der Waals surface area contributed by atoms with E-state index in [9.17, 15) is 4.79 Å². The van der Waals surface area contributed by atoms with Gasteiger partial charge in [-0.15, -0.1) is 0 Å². The highest BCUT2D eigenvalue weighted by atomic mass is 79.9. The number of nitrogens with one attached hydrogen (secondary N) is 2. The monoisotopic (exact) mass is 326 g/mol. The lowest BCUT2D eigenvalue weighted by Gasteiger charge is -2.28. The van der Waals surface area contributed by atoms with Crippen molar-refractivity contribution in [3.05, 3.63) is 28.7 Å². The van der Waals surface area contributed by atoms with Crippen LogP contribution in [0.25, 0.3) is 0 Å². The van der Waals surface area contributed by atoms with Crippen molar-refractivity contribution in [3.8, 4) is 0 Å². The first-order chi connectivity index (χ1) is 8.99. The summed E-state index contributed by atoms with van der Waals surface area (Å²) in [6.45, 7) is 5.17. The Balaban J connectivity index is 1.83. The molecule has 1 aliphatic rings. The molecule has 5 heteroatoms. The van der Waals surface area contributed by atoms with E-state index in [0.29, 0.717) is 6.54 Å². The lowest BCUT2D eigenvalue weighted by atomic mass is 9.95. The number of carbonyl (C=O) groups excluding carboxylic acids is 1. The first-order valence-corrected chi connectivity index (χ1v) is 7.21. The SMILES string of the molecule is CC1OCCC1(C)NCC(=O)Nc1ccc(Br)cc1. The molecule has 0 saturated carbocycles. The fourth-order valence-corrected chi connectivity index (χ4v) is 2.35. The number of rotatable bonds is 4. The number of carbonyl (C=O) groups is 1. The van der Waals surface area contributed by atoms with Crippen molar-refractivity contribution in [2.24, 2.45) is 0 Å². The smallest absolute Gasteiger partial charge is 0.238 e. The van der Waals surface area contributed by atoms with Gasteiger partial charge in [0.1, 0.15) is 0 Å². The van der Waals surface area contributed by atoms with Gasteiger partial charge in [-0.05, 0) is 44.5 Å². The minimum absolute atomic E-state index is 0.0392. The molecule has 4 nitrogen and oxygen atoms in total. The molecular formula is C14H19BrN2O2. The predicted molar refractivity (Wildman–Crippen MR) is 79.2 cm³/mol. The van der Waals surface area contributed by atoms with Crippen molar-refractivity contribution in [2.75, 3.05) is 18.5 Å². The first kappa shape index (κ1) is 14.5. The third kappa shape index (κ3) is 3.78. The van der Waals surface area contributed by atoms with Crippen LogP contribution in [-0.4, -0.2) is 30.7 Å². The van der Waals surface area contributed by atoms with E-state index in [2.05, 4.69) is 33.5 Å². The van der Waals surface area contributed by atoms with Crippen LogP contribution < -0.4 is 10.6 Å². The Hall–Kier alpha value is -0.910. The van der Waals surface area contributed by atoms with Crippen molar-refractivity contribution in [2.45, 2.75) is 31.9 Å². The average Bonchev–Trinajstić information content (AvgIpc) is 2.71. The number of halogens is 1. The van der Waals surface area contributed by atoms with E-state index in [4.69, 9.17) is 4.74 Å². The van der Waals surface area contributed by atoms with Crippen molar-refractivity contribution in [3.63, 3.8) is 0 Å². The maximum absolute atomic E-state index is 11.9. The largest absolute Gasteiger partial charge is 0.377 e. The molecule has 0 radical (unpaired) electrons. The van der Waals surface area contributed by atoms with Crippen LogP contribution in [0, 0.1) is 0 Å². The van der Waals surface area contributed by atoms with Gasteiger partial charge >= 0.3 is 0 Å². The second-order valence-corrected chi connectivity index (χ2v) is 6.00. The first-order valence-electron chi connectivity index (χ1n) is 6.42. The van der Waals surface area contributed by atoms with Crippen LogP contribution in [0.15, 0.2) is 28.7 Å². The van der Waals surface area contributed by atoms with Gasteiger partial charge in [-0.1, -0.05) is 15.9 Å². The number of hydrogen-bond donors (Lipinski definition) is 2. The molecule has 2 unspecified atom stereocenters. The van der Waals surface area contributed by atoms with E-state index in [1.165, 1.54) is 0 Å². The zero-order valence-electron chi connectivity index (χ0n) is 11.2. The van der Waals surface area contributed by atoms with Crippen molar-refractivity contribution in [1.29, 1.82) is 0 Å². The number of benzene rings is 1. The minimum atomic E-state index is -0.114. The summed E-state index contributed by atoms with van der Waals surface area (Å²) < 4.78 is 6.53. The highest BCUT2D eigenvalue weighted by molar-refractivity contribution is 9.10. The summed E-state index contributed by atoms with van der Waals surface area (Å²) in [5.41, 5.74) is 0.688. The van der Waals surface area contributed by atoms with Crippen LogP contribution in [-0.2, 0) is 9.53 Å². The van der Waals surface area contributed by atoms with Crippen molar-refractivity contribution in [1.82, 2.24) is 5.32 Å². The lowest BCUT2D eigenvalue weighted by molar-refractivity contribution is -0.115. The molecule has 1 heterocycles. The Morgan fingerprint density at radius 1 is 1.47 bits per heavy atom. The second kappa shape index (κ2) is 6.03. The van der Waals surface area contributed by atoms with Crippen LogP contribution in [0.5, 0.6) is 0 Å². The van der Waals surface area contributed by atoms with Gasteiger partial charge in [-0.25, -0.2) is 0 Å². The van der Waals surface area contributed by atoms with Gasteiger partial charge in [0, 0.05) is 22.3 Å². The molecule has 0 aliphatic carbocycles. The molecule has 2 rings (SSSR count). The van der Waals surface area contributed by atoms with Crippen molar-refractivity contribution < 1.29 is 9.53 Å². The highest BCUT2D eigenvalue weighted by Crippen LogP contribution is 2.24. The van der Waals surface area contributed by atoms with Gasteiger partial charge < -0.3 is 15.4 Å². The van der Waals surface area contributed by atoms with Crippen LogP contribution in [0.2, 0.25) is 0 Å². The van der Waals surface area contributed by atoms with E-state index in [-0.39, 0.29) is 17.6 Å². The lowest BCUT2D eigenvalue weighted by Crippen LogP contribution is -2.50. The zero-order valence-corrected chi connectivity index (χ0v) is 12.8. The third-order valence-corrected chi connectivity index (χ3v) is 4.20. The van der Waals surface area contributed by atoms with Gasteiger partial charge in [0.25, 0.3) is 0 Å². The summed E-state index contributed by atoms with van der Waals surface area (Å²) in [4.78, 5) is 11.9. The van der Waals surface area contributed by atoms with Gasteiger partial charge in [0.15, 0.2) is 0 Å². The molecule has 1 amide bonds. The summed E-state index contributed by atoms with van der Waals surface area (Å²) in [6, 6.07) is 7.53. The summed E-state index contributed by atoms with van der Waals surface area (Å²) in [7, 11) is 0. The number of amides is 1. The molecule has 1 aliphatic heterocycles. The topological polar surface area (TPSA) is 50.4 Å². The van der Waals surface area contributed by atoms with Gasteiger partial charge in [0.05, 0.1) is 12.6 Å². The third-order valence-electron chi connectivity index (χ3n) is 3.67. The average molecular weight is 327 g/mol. The highest BCUT2D eigenvalue weighted by Gasteiger charge is 2.36. The number of anilines is 1. The summed E-state index contributed by atoms with van der Waals surface area (Å²) >= 11 is 3.36. The molecule has 104 valence electrons. The van der Waals surface area contributed by atoms with Gasteiger partial charge in [-0.3, -0.25) is 4.79 Å². The number of hydrogen-bond acceptors (Lipinski definition) is 3. The molecule has 0 bridgehead atoms. The number of ether oxygens (including phenoxy) is 1. The maximum Gasteiger partial charge on any atom is 0.238 e. The van der Waals surface area contributed by atoms with Crippen LogP contribution in [0.3, 0.4) is 0 Å². The van der Waals surface area contributed by atoms with Crippen LogP contribution in [0.1, 0.15) is 20.3 Å². The van der Waals surface area contributed by atoms with E-state index < -0.39 is 0 Å². The molecule has 0 spiro atoms. The fraction of sp³-hybridized carbons (Fsp3) is 0.500. The molecule has 2 N–H and O–H groups in total. The fourth-order valence-electron chi connectivity index (χ4n) is 2.09. The van der Waals surface area contributed by atoms with Crippen LogP contribution in [0.4, 0.5) is 5.69 Å².